The lowest BCUT2D eigenvalue weighted by Crippen LogP contribution is -2.29. The van der Waals surface area contributed by atoms with Gasteiger partial charge in [-0.2, -0.15) is 0 Å². The summed E-state index contributed by atoms with van der Waals surface area (Å²) in [6, 6.07) is 11.7. The van der Waals surface area contributed by atoms with Crippen molar-refractivity contribution in [2.45, 2.75) is 25.7 Å². The summed E-state index contributed by atoms with van der Waals surface area (Å²) in [5, 5.41) is 6.94. The van der Waals surface area contributed by atoms with E-state index < -0.39 is 0 Å². The number of thiocarbonyl (C=S) groups is 1. The monoisotopic (exact) mass is 343 g/mol. The predicted octanol–water partition coefficient (Wildman–Crippen LogP) is 3.33. The molecule has 0 saturated carbocycles. The Kier molecular flexibility index (Phi) is 5.48. The lowest BCUT2D eigenvalue weighted by atomic mass is 10.2. The number of carbonyl (C=O) groups excluding carboxylic acids is 1. The molecule has 24 heavy (non-hydrogen) atoms. The predicted molar refractivity (Wildman–Crippen MR) is 99.3 cm³/mol. The molecule has 5 nitrogen and oxygen atoms in total. The fraction of sp³-hybridized carbons (Fsp3) is 0.333. The molecule has 0 spiro atoms. The van der Waals surface area contributed by atoms with E-state index in [-0.39, 0.29) is 5.91 Å². The summed E-state index contributed by atoms with van der Waals surface area (Å²) < 4.78 is 5.29. The summed E-state index contributed by atoms with van der Waals surface area (Å²) in [5.41, 5.74) is 1.86. The number of anilines is 2. The van der Waals surface area contributed by atoms with Gasteiger partial charge in [-0.3, -0.25) is 4.79 Å². The van der Waals surface area contributed by atoms with Gasteiger partial charge in [0, 0.05) is 37.3 Å². The molecule has 6 heteroatoms. The van der Waals surface area contributed by atoms with Crippen LogP contribution in [0.3, 0.4) is 0 Å². The average Bonchev–Trinajstić information content (AvgIpc) is 3.24. The van der Waals surface area contributed by atoms with E-state index in [1.807, 2.05) is 41.3 Å². The Labute approximate surface area is 147 Å². The second-order valence-corrected chi connectivity index (χ2v) is 6.17. The van der Waals surface area contributed by atoms with Crippen LogP contribution in [-0.4, -0.2) is 24.1 Å². The van der Waals surface area contributed by atoms with Gasteiger partial charge in [0.05, 0.1) is 6.26 Å². The Bertz CT molecular complexity index is 683. The summed E-state index contributed by atoms with van der Waals surface area (Å²) >= 11 is 5.30. The van der Waals surface area contributed by atoms with Gasteiger partial charge in [0.1, 0.15) is 5.76 Å². The van der Waals surface area contributed by atoms with E-state index in [1.165, 1.54) is 0 Å². The molecule has 1 saturated heterocycles. The van der Waals surface area contributed by atoms with E-state index in [2.05, 4.69) is 10.6 Å². The minimum atomic E-state index is 0.199. The normalized spacial score (nSPS) is 14.0. The molecule has 2 aromatic rings. The highest BCUT2D eigenvalue weighted by molar-refractivity contribution is 7.80. The molecule has 3 rings (SSSR count). The van der Waals surface area contributed by atoms with E-state index in [0.717, 1.165) is 49.5 Å². The first-order valence-electron chi connectivity index (χ1n) is 8.20. The molecular formula is C18H21N3O2S. The number of benzene rings is 1. The van der Waals surface area contributed by atoms with Crippen LogP contribution >= 0.6 is 12.2 Å². The third kappa shape index (κ3) is 4.35. The van der Waals surface area contributed by atoms with Gasteiger partial charge in [-0.1, -0.05) is 0 Å². The molecule has 1 amide bonds. The minimum absolute atomic E-state index is 0.199. The van der Waals surface area contributed by atoms with E-state index in [9.17, 15) is 4.79 Å². The van der Waals surface area contributed by atoms with Crippen LogP contribution in [0.5, 0.6) is 0 Å². The third-order valence-electron chi connectivity index (χ3n) is 3.98. The van der Waals surface area contributed by atoms with Crippen molar-refractivity contribution in [2.24, 2.45) is 0 Å². The first kappa shape index (κ1) is 16.5. The van der Waals surface area contributed by atoms with Crippen LogP contribution in [0.4, 0.5) is 11.4 Å². The number of hydrogen-bond donors (Lipinski definition) is 2. The molecule has 1 aromatic heterocycles. The average molecular weight is 343 g/mol. The molecule has 0 bridgehead atoms. The Morgan fingerprint density at radius 1 is 1.25 bits per heavy atom. The molecule has 0 atom stereocenters. The quantitative estimate of drug-likeness (QED) is 0.622. The van der Waals surface area contributed by atoms with Crippen molar-refractivity contribution in [3.63, 3.8) is 0 Å². The van der Waals surface area contributed by atoms with Crippen LogP contribution in [0.1, 0.15) is 25.0 Å². The summed E-state index contributed by atoms with van der Waals surface area (Å²) in [5.74, 6) is 1.19. The molecule has 1 aliphatic rings. The lowest BCUT2D eigenvalue weighted by molar-refractivity contribution is -0.117. The zero-order chi connectivity index (χ0) is 16.8. The van der Waals surface area contributed by atoms with E-state index >= 15 is 0 Å². The van der Waals surface area contributed by atoms with Crippen molar-refractivity contribution in [1.29, 1.82) is 0 Å². The first-order chi connectivity index (χ1) is 11.7. The van der Waals surface area contributed by atoms with Gasteiger partial charge in [-0.15, -0.1) is 0 Å². The van der Waals surface area contributed by atoms with Crippen LogP contribution < -0.4 is 15.5 Å². The molecule has 2 heterocycles. The van der Waals surface area contributed by atoms with Crippen molar-refractivity contribution in [2.75, 3.05) is 23.3 Å². The largest absolute Gasteiger partial charge is 0.469 e. The van der Waals surface area contributed by atoms with Crippen molar-refractivity contribution in [3.05, 3.63) is 48.4 Å². The summed E-state index contributed by atoms with van der Waals surface area (Å²) in [7, 11) is 0. The second kappa shape index (κ2) is 7.97. The second-order valence-electron chi connectivity index (χ2n) is 5.76. The Morgan fingerprint density at radius 3 is 2.75 bits per heavy atom. The van der Waals surface area contributed by atoms with Crippen LogP contribution in [-0.2, 0) is 11.2 Å². The van der Waals surface area contributed by atoms with Crippen molar-refractivity contribution in [3.8, 4) is 0 Å². The smallest absolute Gasteiger partial charge is 0.227 e. The summed E-state index contributed by atoms with van der Waals surface area (Å²) in [6.45, 7) is 1.59. The van der Waals surface area contributed by atoms with Crippen LogP contribution in [0, 0.1) is 0 Å². The third-order valence-corrected chi connectivity index (χ3v) is 4.22. The fourth-order valence-corrected chi connectivity index (χ4v) is 2.96. The Morgan fingerprint density at radius 2 is 2.08 bits per heavy atom. The van der Waals surface area contributed by atoms with Gasteiger partial charge < -0.3 is 20.0 Å². The highest BCUT2D eigenvalue weighted by Crippen LogP contribution is 2.22. The van der Waals surface area contributed by atoms with Crippen LogP contribution in [0.25, 0.3) is 0 Å². The first-order valence-corrected chi connectivity index (χ1v) is 8.61. The number of nitrogens with one attached hydrogen (secondary N) is 2. The molecule has 0 unspecified atom stereocenters. The molecule has 126 valence electrons. The molecule has 0 radical (unpaired) electrons. The Hall–Kier alpha value is -2.34. The van der Waals surface area contributed by atoms with Crippen molar-refractivity contribution >= 4 is 34.6 Å². The summed E-state index contributed by atoms with van der Waals surface area (Å²) in [4.78, 5) is 13.6. The molecule has 1 aliphatic heterocycles. The van der Waals surface area contributed by atoms with Gasteiger partial charge in [0.2, 0.25) is 5.91 Å². The number of amides is 1. The van der Waals surface area contributed by atoms with Crippen LogP contribution in [0.15, 0.2) is 47.1 Å². The van der Waals surface area contributed by atoms with Crippen molar-refractivity contribution < 1.29 is 9.21 Å². The van der Waals surface area contributed by atoms with Gasteiger partial charge in [-0.05, 0) is 61.5 Å². The van der Waals surface area contributed by atoms with Crippen molar-refractivity contribution in [1.82, 2.24) is 5.32 Å². The number of nitrogens with zero attached hydrogens (tertiary/aromatic N) is 1. The van der Waals surface area contributed by atoms with Gasteiger partial charge in [-0.25, -0.2) is 0 Å². The highest BCUT2D eigenvalue weighted by Gasteiger charge is 2.21. The number of carbonyl (C=O) groups is 1. The van der Waals surface area contributed by atoms with Gasteiger partial charge in [0.15, 0.2) is 5.11 Å². The molecular weight excluding hydrogens is 322 g/mol. The number of aryl methyl sites for hydroxylation is 1. The SMILES string of the molecule is O=C1CCCN1c1ccc(NC(=S)NCCCc2ccco2)cc1. The van der Waals surface area contributed by atoms with E-state index in [4.69, 9.17) is 16.6 Å². The maximum absolute atomic E-state index is 11.7. The van der Waals surface area contributed by atoms with E-state index in [0.29, 0.717) is 11.5 Å². The maximum Gasteiger partial charge on any atom is 0.227 e. The number of furan rings is 1. The molecule has 1 aromatic carbocycles. The summed E-state index contributed by atoms with van der Waals surface area (Å²) in [6.07, 6.45) is 5.11. The molecule has 1 fully saturated rings. The minimum Gasteiger partial charge on any atom is -0.469 e. The van der Waals surface area contributed by atoms with Gasteiger partial charge in [0.25, 0.3) is 0 Å². The zero-order valence-corrected chi connectivity index (χ0v) is 14.3. The topological polar surface area (TPSA) is 57.5 Å². The number of rotatable bonds is 6. The Balaban J connectivity index is 1.42. The highest BCUT2D eigenvalue weighted by atomic mass is 32.1. The van der Waals surface area contributed by atoms with E-state index in [1.54, 1.807) is 6.26 Å². The van der Waals surface area contributed by atoms with Gasteiger partial charge >= 0.3 is 0 Å². The lowest BCUT2D eigenvalue weighted by Gasteiger charge is -2.16. The zero-order valence-electron chi connectivity index (χ0n) is 13.5. The molecule has 2 N–H and O–H groups in total. The molecule has 0 aliphatic carbocycles. The number of hydrogen-bond acceptors (Lipinski definition) is 3. The van der Waals surface area contributed by atoms with Crippen LogP contribution in [0.2, 0.25) is 0 Å². The fourth-order valence-electron chi connectivity index (χ4n) is 2.74. The maximum atomic E-state index is 11.7. The standard InChI is InChI=1S/C18H21N3O2S/c22-17-6-2-12-21(17)15-9-7-14(8-10-15)20-18(24)19-11-1-4-16-5-3-13-23-16/h3,5,7-10,13H,1-2,4,6,11-12H2,(H2,19,20,24).